The van der Waals surface area contributed by atoms with Crippen molar-refractivity contribution in [3.8, 4) is 0 Å². The molecule has 1 saturated heterocycles. The summed E-state index contributed by atoms with van der Waals surface area (Å²) in [6.45, 7) is 4.06. The van der Waals surface area contributed by atoms with Crippen molar-refractivity contribution in [2.75, 3.05) is 18.0 Å². The molecule has 0 spiro atoms. The minimum Gasteiger partial charge on any atom is -0.372 e. The van der Waals surface area contributed by atoms with E-state index < -0.39 is 9.84 Å². The monoisotopic (exact) mass is 301 g/mol. The van der Waals surface area contributed by atoms with Crippen LogP contribution in [0.15, 0.2) is 58.3 Å². The maximum Gasteiger partial charge on any atom is 0.206 e. The number of aryl methyl sites for hydroxylation is 1. The summed E-state index contributed by atoms with van der Waals surface area (Å²) in [5.41, 5.74) is 2.16. The molecule has 0 atom stereocenters. The third-order valence-corrected chi connectivity index (χ3v) is 5.74. The Kier molecular flexibility index (Phi) is 3.72. The molecule has 4 heteroatoms. The second-order valence-electron chi connectivity index (χ2n) is 5.50. The topological polar surface area (TPSA) is 37.4 Å². The average Bonchev–Trinajstić information content (AvgIpc) is 3.02. The molecule has 0 bridgehead atoms. The normalized spacial score (nSPS) is 15.4. The number of hydrogen-bond donors (Lipinski definition) is 0. The molecule has 0 aromatic heterocycles. The highest BCUT2D eigenvalue weighted by atomic mass is 32.2. The van der Waals surface area contributed by atoms with Crippen LogP contribution in [-0.4, -0.2) is 21.5 Å². The molecule has 0 unspecified atom stereocenters. The van der Waals surface area contributed by atoms with Gasteiger partial charge in [0, 0.05) is 18.8 Å². The van der Waals surface area contributed by atoms with E-state index in [9.17, 15) is 8.42 Å². The molecule has 0 amide bonds. The van der Waals surface area contributed by atoms with E-state index in [-0.39, 0.29) is 0 Å². The Morgan fingerprint density at radius 2 is 1.29 bits per heavy atom. The number of nitrogens with zero attached hydrogens (tertiary/aromatic N) is 1. The van der Waals surface area contributed by atoms with Gasteiger partial charge in [0.05, 0.1) is 9.79 Å². The highest BCUT2D eigenvalue weighted by Crippen LogP contribution is 2.25. The third-order valence-electron chi connectivity index (χ3n) is 3.95. The molecule has 2 aromatic rings. The molecule has 110 valence electrons. The number of rotatable bonds is 3. The maximum absolute atomic E-state index is 12.6. The summed E-state index contributed by atoms with van der Waals surface area (Å²) in [5, 5.41) is 0. The third kappa shape index (κ3) is 2.81. The van der Waals surface area contributed by atoms with Gasteiger partial charge in [0.1, 0.15) is 0 Å². The minimum atomic E-state index is -3.41. The Labute approximate surface area is 126 Å². The van der Waals surface area contributed by atoms with E-state index in [2.05, 4.69) is 4.90 Å². The van der Waals surface area contributed by atoms with Gasteiger partial charge in [-0.15, -0.1) is 0 Å². The van der Waals surface area contributed by atoms with E-state index in [0.29, 0.717) is 9.79 Å². The molecule has 3 rings (SSSR count). The van der Waals surface area contributed by atoms with Gasteiger partial charge in [-0.3, -0.25) is 0 Å². The molecule has 1 aliphatic heterocycles. The van der Waals surface area contributed by atoms with Crippen molar-refractivity contribution in [3.63, 3.8) is 0 Å². The standard InChI is InChI=1S/C17H19NO2S/c1-14-4-8-16(9-5-14)21(19,20)17-10-6-15(7-11-17)18-12-2-3-13-18/h4-11H,2-3,12-13H2,1H3. The largest absolute Gasteiger partial charge is 0.372 e. The van der Waals surface area contributed by atoms with Crippen molar-refractivity contribution in [2.45, 2.75) is 29.6 Å². The van der Waals surface area contributed by atoms with Crippen LogP contribution < -0.4 is 4.90 Å². The fourth-order valence-corrected chi connectivity index (χ4v) is 3.93. The zero-order chi connectivity index (χ0) is 14.9. The zero-order valence-corrected chi connectivity index (χ0v) is 12.9. The van der Waals surface area contributed by atoms with Crippen LogP contribution in [0.1, 0.15) is 18.4 Å². The minimum absolute atomic E-state index is 0.349. The molecule has 1 fully saturated rings. The van der Waals surface area contributed by atoms with Gasteiger partial charge >= 0.3 is 0 Å². The van der Waals surface area contributed by atoms with Gasteiger partial charge in [-0.1, -0.05) is 17.7 Å². The highest BCUT2D eigenvalue weighted by Gasteiger charge is 2.18. The molecule has 2 aromatic carbocycles. The van der Waals surface area contributed by atoms with Crippen molar-refractivity contribution in [2.24, 2.45) is 0 Å². The summed E-state index contributed by atoms with van der Waals surface area (Å²) in [7, 11) is -3.41. The summed E-state index contributed by atoms with van der Waals surface area (Å²) in [5.74, 6) is 0. The van der Waals surface area contributed by atoms with Gasteiger partial charge in [0.2, 0.25) is 9.84 Å². The fraction of sp³-hybridized carbons (Fsp3) is 0.294. The Balaban J connectivity index is 1.90. The van der Waals surface area contributed by atoms with E-state index in [0.717, 1.165) is 24.3 Å². The molecule has 21 heavy (non-hydrogen) atoms. The summed E-state index contributed by atoms with van der Waals surface area (Å²) in [6, 6.07) is 14.2. The summed E-state index contributed by atoms with van der Waals surface area (Å²) in [6.07, 6.45) is 2.42. The van der Waals surface area contributed by atoms with Crippen molar-refractivity contribution in [1.29, 1.82) is 0 Å². The Morgan fingerprint density at radius 1 is 0.810 bits per heavy atom. The quantitative estimate of drug-likeness (QED) is 0.871. The molecule has 0 saturated carbocycles. The van der Waals surface area contributed by atoms with E-state index in [4.69, 9.17) is 0 Å². The number of anilines is 1. The van der Waals surface area contributed by atoms with E-state index in [1.807, 2.05) is 31.2 Å². The summed E-state index contributed by atoms with van der Waals surface area (Å²) in [4.78, 5) is 3.00. The van der Waals surface area contributed by atoms with Crippen LogP contribution in [0.5, 0.6) is 0 Å². The van der Waals surface area contributed by atoms with Gasteiger partial charge < -0.3 is 4.90 Å². The van der Waals surface area contributed by atoms with Gasteiger partial charge in [-0.2, -0.15) is 0 Å². The van der Waals surface area contributed by atoms with Gasteiger partial charge in [0.25, 0.3) is 0 Å². The molecule has 1 aliphatic rings. The van der Waals surface area contributed by atoms with Crippen LogP contribution in [-0.2, 0) is 9.84 Å². The lowest BCUT2D eigenvalue weighted by Gasteiger charge is -2.17. The van der Waals surface area contributed by atoms with Crippen molar-refractivity contribution < 1.29 is 8.42 Å². The number of benzene rings is 2. The molecular weight excluding hydrogens is 282 g/mol. The zero-order valence-electron chi connectivity index (χ0n) is 12.1. The predicted octanol–water partition coefficient (Wildman–Crippen LogP) is 3.43. The van der Waals surface area contributed by atoms with Crippen molar-refractivity contribution in [1.82, 2.24) is 0 Å². The maximum atomic E-state index is 12.6. The summed E-state index contributed by atoms with van der Waals surface area (Å²) >= 11 is 0. The molecule has 0 N–H and O–H groups in total. The van der Waals surface area contributed by atoms with Gasteiger partial charge in [0.15, 0.2) is 0 Å². The molecule has 1 heterocycles. The molecular formula is C17H19NO2S. The number of hydrogen-bond acceptors (Lipinski definition) is 3. The predicted molar refractivity (Wildman–Crippen MR) is 84.5 cm³/mol. The van der Waals surface area contributed by atoms with Gasteiger partial charge in [-0.25, -0.2) is 8.42 Å². The fourth-order valence-electron chi connectivity index (χ4n) is 2.66. The Hall–Kier alpha value is -1.81. The second kappa shape index (κ2) is 5.53. The first-order valence-electron chi connectivity index (χ1n) is 7.24. The molecule has 3 nitrogen and oxygen atoms in total. The van der Waals surface area contributed by atoms with Crippen LogP contribution in [0, 0.1) is 6.92 Å². The SMILES string of the molecule is Cc1ccc(S(=O)(=O)c2ccc(N3CCCC3)cc2)cc1. The van der Waals surface area contributed by atoms with E-state index >= 15 is 0 Å². The van der Waals surface area contributed by atoms with Crippen LogP contribution in [0.3, 0.4) is 0 Å². The lowest BCUT2D eigenvalue weighted by atomic mass is 10.2. The smallest absolute Gasteiger partial charge is 0.206 e. The first-order valence-corrected chi connectivity index (χ1v) is 8.72. The van der Waals surface area contributed by atoms with E-state index in [1.165, 1.54) is 12.8 Å². The Morgan fingerprint density at radius 3 is 1.81 bits per heavy atom. The van der Waals surface area contributed by atoms with Crippen LogP contribution in [0.4, 0.5) is 5.69 Å². The summed E-state index contributed by atoms with van der Waals surface area (Å²) < 4.78 is 25.1. The lowest BCUT2D eigenvalue weighted by Crippen LogP contribution is -2.17. The van der Waals surface area contributed by atoms with Gasteiger partial charge in [-0.05, 0) is 56.2 Å². The van der Waals surface area contributed by atoms with Crippen LogP contribution in [0.2, 0.25) is 0 Å². The van der Waals surface area contributed by atoms with Crippen LogP contribution in [0.25, 0.3) is 0 Å². The highest BCUT2D eigenvalue weighted by molar-refractivity contribution is 7.91. The first-order chi connectivity index (χ1) is 10.1. The number of sulfone groups is 1. The second-order valence-corrected chi connectivity index (χ2v) is 7.45. The first kappa shape index (κ1) is 14.1. The molecule has 0 aliphatic carbocycles. The lowest BCUT2D eigenvalue weighted by molar-refractivity contribution is 0.596. The Bertz CT molecular complexity index is 712. The molecule has 0 radical (unpaired) electrons. The van der Waals surface area contributed by atoms with Crippen LogP contribution >= 0.6 is 0 Å². The van der Waals surface area contributed by atoms with Crippen molar-refractivity contribution >= 4 is 15.5 Å². The average molecular weight is 301 g/mol. The van der Waals surface area contributed by atoms with Crippen molar-refractivity contribution in [3.05, 3.63) is 54.1 Å². The van der Waals surface area contributed by atoms with E-state index in [1.54, 1.807) is 24.3 Å².